The summed E-state index contributed by atoms with van der Waals surface area (Å²) in [5.41, 5.74) is 1.59. The summed E-state index contributed by atoms with van der Waals surface area (Å²) in [5.74, 6) is 0.677. The topological polar surface area (TPSA) is 51.5 Å². The Morgan fingerprint density at radius 1 is 1.32 bits per heavy atom. The molecule has 4 nitrogen and oxygen atoms in total. The first-order valence-electron chi connectivity index (χ1n) is 6.21. The van der Waals surface area contributed by atoms with Gasteiger partial charge in [-0.3, -0.25) is 4.79 Å². The Kier molecular flexibility index (Phi) is 4.23. The summed E-state index contributed by atoms with van der Waals surface area (Å²) in [6.07, 6.45) is 3.75. The minimum Gasteiger partial charge on any atom is -0.497 e. The van der Waals surface area contributed by atoms with Crippen LogP contribution in [0.1, 0.15) is 35.3 Å². The van der Waals surface area contributed by atoms with Crippen LogP contribution in [0.3, 0.4) is 0 Å². The Morgan fingerprint density at radius 3 is 2.58 bits per heavy atom. The van der Waals surface area contributed by atoms with Crippen molar-refractivity contribution < 1.29 is 13.9 Å². The van der Waals surface area contributed by atoms with Gasteiger partial charge in [0.05, 0.1) is 25.0 Å². The second kappa shape index (κ2) is 6.09. The molecule has 1 N–H and O–H groups in total. The molecule has 1 atom stereocenters. The third-order valence-corrected chi connectivity index (χ3v) is 3.02. The summed E-state index contributed by atoms with van der Waals surface area (Å²) in [5, 5.41) is 2.98. The predicted octanol–water partition coefficient (Wildman–Crippen LogP) is 3.17. The number of benzene rings is 1. The first-order chi connectivity index (χ1) is 9.24. The fourth-order valence-electron chi connectivity index (χ4n) is 1.89. The van der Waals surface area contributed by atoms with E-state index in [2.05, 4.69) is 5.32 Å². The zero-order chi connectivity index (χ0) is 13.7. The molecule has 4 heteroatoms. The van der Waals surface area contributed by atoms with Crippen LogP contribution in [0, 0.1) is 0 Å². The van der Waals surface area contributed by atoms with Crippen LogP contribution in [-0.2, 0) is 0 Å². The predicted molar refractivity (Wildman–Crippen MR) is 72.2 cm³/mol. The minimum absolute atomic E-state index is 0.0201. The highest BCUT2D eigenvalue weighted by Gasteiger charge is 2.14. The van der Waals surface area contributed by atoms with Crippen LogP contribution in [-0.4, -0.2) is 13.0 Å². The zero-order valence-electron chi connectivity index (χ0n) is 11.1. The smallest absolute Gasteiger partial charge is 0.255 e. The number of methoxy groups -OCH3 is 1. The van der Waals surface area contributed by atoms with E-state index in [1.165, 1.54) is 12.5 Å². The van der Waals surface area contributed by atoms with E-state index in [1.54, 1.807) is 13.2 Å². The van der Waals surface area contributed by atoms with E-state index in [0.29, 0.717) is 5.56 Å². The van der Waals surface area contributed by atoms with Crippen molar-refractivity contribution in [3.63, 3.8) is 0 Å². The van der Waals surface area contributed by atoms with E-state index in [0.717, 1.165) is 17.7 Å². The lowest BCUT2D eigenvalue weighted by atomic mass is 10.0. The number of amides is 1. The molecule has 0 aliphatic rings. The highest BCUT2D eigenvalue weighted by Crippen LogP contribution is 2.20. The summed E-state index contributed by atoms with van der Waals surface area (Å²) in [7, 11) is 1.63. The standard InChI is InChI=1S/C15H17NO3/c1-3-14(11-4-6-13(18-2)7-5-11)16-15(17)12-8-9-19-10-12/h4-10,14H,3H2,1-2H3,(H,16,17)/t14-/m1/s1. The van der Waals surface area contributed by atoms with Crippen molar-refractivity contribution in [2.24, 2.45) is 0 Å². The Morgan fingerprint density at radius 2 is 2.05 bits per heavy atom. The number of carbonyl (C=O) groups is 1. The van der Waals surface area contributed by atoms with Crippen molar-refractivity contribution in [1.29, 1.82) is 0 Å². The highest BCUT2D eigenvalue weighted by molar-refractivity contribution is 5.94. The molecule has 1 aromatic heterocycles. The Bertz CT molecular complexity index is 517. The summed E-state index contributed by atoms with van der Waals surface area (Å²) >= 11 is 0. The number of furan rings is 1. The molecule has 0 radical (unpaired) electrons. The molecule has 100 valence electrons. The van der Waals surface area contributed by atoms with Gasteiger partial charge in [0.2, 0.25) is 0 Å². The van der Waals surface area contributed by atoms with Crippen molar-refractivity contribution in [2.75, 3.05) is 7.11 Å². The van der Waals surface area contributed by atoms with Crippen LogP contribution >= 0.6 is 0 Å². The number of ether oxygens (including phenoxy) is 1. The van der Waals surface area contributed by atoms with Crippen molar-refractivity contribution in [2.45, 2.75) is 19.4 Å². The molecule has 0 aliphatic heterocycles. The molecule has 1 aromatic carbocycles. The molecule has 0 unspecified atom stereocenters. The van der Waals surface area contributed by atoms with Crippen LogP contribution < -0.4 is 10.1 Å². The fraction of sp³-hybridized carbons (Fsp3) is 0.267. The van der Waals surface area contributed by atoms with Crippen LogP contribution in [0.4, 0.5) is 0 Å². The Labute approximate surface area is 112 Å². The van der Waals surface area contributed by atoms with Gasteiger partial charge in [-0.2, -0.15) is 0 Å². The lowest BCUT2D eigenvalue weighted by Crippen LogP contribution is -2.27. The van der Waals surface area contributed by atoms with E-state index >= 15 is 0 Å². The van der Waals surface area contributed by atoms with E-state index in [9.17, 15) is 4.79 Å². The summed E-state index contributed by atoms with van der Waals surface area (Å²) in [6.45, 7) is 2.03. The van der Waals surface area contributed by atoms with Gasteiger partial charge in [0.15, 0.2) is 0 Å². The number of hydrogen-bond donors (Lipinski definition) is 1. The van der Waals surface area contributed by atoms with Crippen molar-refractivity contribution >= 4 is 5.91 Å². The SMILES string of the molecule is CC[C@@H](NC(=O)c1ccoc1)c1ccc(OC)cc1. The molecule has 0 aliphatic carbocycles. The third kappa shape index (κ3) is 3.16. The molecule has 0 bridgehead atoms. The molecular weight excluding hydrogens is 242 g/mol. The maximum Gasteiger partial charge on any atom is 0.255 e. The number of nitrogens with one attached hydrogen (secondary N) is 1. The lowest BCUT2D eigenvalue weighted by molar-refractivity contribution is 0.0935. The Balaban J connectivity index is 2.09. The maximum atomic E-state index is 12.0. The van der Waals surface area contributed by atoms with E-state index in [1.807, 2.05) is 31.2 Å². The van der Waals surface area contributed by atoms with Gasteiger partial charge in [0.1, 0.15) is 12.0 Å². The number of hydrogen-bond acceptors (Lipinski definition) is 3. The van der Waals surface area contributed by atoms with Gasteiger partial charge in [-0.05, 0) is 30.2 Å². The van der Waals surface area contributed by atoms with Crippen LogP contribution in [0.5, 0.6) is 5.75 Å². The fourth-order valence-corrected chi connectivity index (χ4v) is 1.89. The first kappa shape index (κ1) is 13.2. The van der Waals surface area contributed by atoms with Gasteiger partial charge in [-0.1, -0.05) is 19.1 Å². The van der Waals surface area contributed by atoms with Crippen LogP contribution in [0.15, 0.2) is 47.3 Å². The van der Waals surface area contributed by atoms with Crippen LogP contribution in [0.2, 0.25) is 0 Å². The maximum absolute atomic E-state index is 12.0. The number of carbonyl (C=O) groups excluding carboxylic acids is 1. The second-order valence-corrected chi connectivity index (χ2v) is 4.22. The molecule has 0 saturated heterocycles. The van der Waals surface area contributed by atoms with Gasteiger partial charge in [-0.15, -0.1) is 0 Å². The molecule has 1 amide bonds. The van der Waals surface area contributed by atoms with Crippen molar-refractivity contribution in [3.8, 4) is 5.75 Å². The number of rotatable bonds is 5. The molecule has 0 saturated carbocycles. The van der Waals surface area contributed by atoms with E-state index in [4.69, 9.17) is 9.15 Å². The molecular formula is C15H17NO3. The van der Waals surface area contributed by atoms with Gasteiger partial charge < -0.3 is 14.5 Å². The lowest BCUT2D eigenvalue weighted by Gasteiger charge is -2.17. The van der Waals surface area contributed by atoms with Gasteiger partial charge in [0.25, 0.3) is 5.91 Å². The highest BCUT2D eigenvalue weighted by atomic mass is 16.5. The molecule has 2 aromatic rings. The molecule has 2 rings (SSSR count). The average Bonchev–Trinajstić information content (AvgIpc) is 2.99. The largest absolute Gasteiger partial charge is 0.497 e. The van der Waals surface area contributed by atoms with Crippen molar-refractivity contribution in [1.82, 2.24) is 5.32 Å². The van der Waals surface area contributed by atoms with E-state index < -0.39 is 0 Å². The van der Waals surface area contributed by atoms with Crippen LogP contribution in [0.25, 0.3) is 0 Å². The second-order valence-electron chi connectivity index (χ2n) is 4.22. The molecule has 0 fully saturated rings. The summed E-state index contributed by atoms with van der Waals surface area (Å²) < 4.78 is 10.0. The molecule has 1 heterocycles. The first-order valence-corrected chi connectivity index (χ1v) is 6.21. The normalized spacial score (nSPS) is 11.9. The molecule has 19 heavy (non-hydrogen) atoms. The van der Waals surface area contributed by atoms with Gasteiger partial charge in [-0.25, -0.2) is 0 Å². The minimum atomic E-state index is -0.128. The quantitative estimate of drug-likeness (QED) is 0.897. The van der Waals surface area contributed by atoms with E-state index in [-0.39, 0.29) is 11.9 Å². The monoisotopic (exact) mass is 259 g/mol. The average molecular weight is 259 g/mol. The Hall–Kier alpha value is -2.23. The summed E-state index contributed by atoms with van der Waals surface area (Å²) in [6, 6.07) is 9.33. The third-order valence-electron chi connectivity index (χ3n) is 3.02. The van der Waals surface area contributed by atoms with Crippen molar-refractivity contribution in [3.05, 3.63) is 54.0 Å². The zero-order valence-corrected chi connectivity index (χ0v) is 11.1. The van der Waals surface area contributed by atoms with Gasteiger partial charge in [0, 0.05) is 0 Å². The molecule has 0 spiro atoms. The van der Waals surface area contributed by atoms with Gasteiger partial charge >= 0.3 is 0 Å². The summed E-state index contributed by atoms with van der Waals surface area (Å²) in [4.78, 5) is 12.0.